The fraction of sp³-hybridized carbons (Fsp3) is 0.846. The highest BCUT2D eigenvalue weighted by Crippen LogP contribution is 2.07. The quantitative estimate of drug-likeness (QED) is 0.644. The van der Waals surface area contributed by atoms with Gasteiger partial charge in [-0.2, -0.15) is 5.26 Å². The Kier molecular flexibility index (Phi) is 8.61. The molecule has 3 heteroatoms. The van der Waals surface area contributed by atoms with Gasteiger partial charge in [-0.3, -0.25) is 4.79 Å². The molecule has 16 heavy (non-hydrogen) atoms. The zero-order valence-corrected chi connectivity index (χ0v) is 10.8. The highest BCUT2D eigenvalue weighted by molar-refractivity contribution is 5.81. The van der Waals surface area contributed by atoms with E-state index in [1.54, 1.807) is 0 Å². The minimum atomic E-state index is -0.473. The lowest BCUT2D eigenvalue weighted by Gasteiger charge is -2.15. The molecule has 0 aliphatic carbocycles. The van der Waals surface area contributed by atoms with E-state index in [1.165, 1.54) is 12.8 Å². The van der Waals surface area contributed by atoms with Crippen LogP contribution in [0.15, 0.2) is 0 Å². The molecule has 0 aromatic rings. The van der Waals surface area contributed by atoms with Crippen LogP contribution in [0.4, 0.5) is 0 Å². The molecule has 0 aromatic carbocycles. The van der Waals surface area contributed by atoms with Crippen LogP contribution in [0.1, 0.15) is 59.3 Å². The highest BCUT2D eigenvalue weighted by Gasteiger charge is 2.17. The van der Waals surface area contributed by atoms with E-state index in [1.807, 2.05) is 13.8 Å². The van der Waals surface area contributed by atoms with Crippen molar-refractivity contribution in [3.05, 3.63) is 0 Å². The number of hydrogen-bond acceptors (Lipinski definition) is 2. The summed E-state index contributed by atoms with van der Waals surface area (Å²) in [6.07, 6.45) is 6.07. The molecule has 0 saturated heterocycles. The number of carbonyl (C=O) groups is 1. The van der Waals surface area contributed by atoms with Gasteiger partial charge in [0.2, 0.25) is 5.91 Å². The summed E-state index contributed by atoms with van der Waals surface area (Å²) < 4.78 is 0. The van der Waals surface area contributed by atoms with E-state index in [9.17, 15) is 4.79 Å². The first-order valence-electron chi connectivity index (χ1n) is 6.35. The Morgan fingerprint density at radius 2 is 1.94 bits per heavy atom. The second kappa shape index (κ2) is 9.21. The smallest absolute Gasteiger partial charge is 0.237 e. The Balaban J connectivity index is 3.88. The molecule has 0 aliphatic heterocycles. The summed E-state index contributed by atoms with van der Waals surface area (Å²) in [4.78, 5) is 11.7. The molecule has 0 spiro atoms. The number of nitrogens with one attached hydrogen (secondary N) is 1. The van der Waals surface area contributed by atoms with E-state index < -0.39 is 5.92 Å². The molecule has 3 nitrogen and oxygen atoms in total. The van der Waals surface area contributed by atoms with Crippen molar-refractivity contribution < 1.29 is 4.79 Å². The number of nitrogens with zero attached hydrogens (tertiary/aromatic N) is 1. The van der Waals surface area contributed by atoms with Crippen LogP contribution in [0.2, 0.25) is 0 Å². The number of carbonyl (C=O) groups excluding carboxylic acids is 1. The Bertz CT molecular complexity index is 233. The molecule has 0 saturated carbocycles. The molecule has 0 bridgehead atoms. The topological polar surface area (TPSA) is 52.9 Å². The summed E-state index contributed by atoms with van der Waals surface area (Å²) in [5.41, 5.74) is 0. The lowest BCUT2D eigenvalue weighted by atomic mass is 10.0. The first-order chi connectivity index (χ1) is 7.65. The predicted octanol–water partition coefficient (Wildman–Crippen LogP) is 3.01. The van der Waals surface area contributed by atoms with Crippen molar-refractivity contribution in [3.63, 3.8) is 0 Å². The molecular formula is C13H24N2O. The summed E-state index contributed by atoms with van der Waals surface area (Å²) in [7, 11) is 0. The first kappa shape index (κ1) is 15.0. The van der Waals surface area contributed by atoms with Crippen molar-refractivity contribution in [2.24, 2.45) is 5.92 Å². The zero-order valence-electron chi connectivity index (χ0n) is 10.8. The Hall–Kier alpha value is -1.04. The van der Waals surface area contributed by atoms with Gasteiger partial charge in [-0.15, -0.1) is 0 Å². The lowest BCUT2D eigenvalue weighted by molar-refractivity contribution is -0.124. The van der Waals surface area contributed by atoms with E-state index in [-0.39, 0.29) is 11.9 Å². The minimum Gasteiger partial charge on any atom is -0.353 e. The summed E-state index contributed by atoms with van der Waals surface area (Å²) in [5.74, 6) is -0.577. The molecule has 0 aliphatic rings. The third-order valence-electron chi connectivity index (χ3n) is 2.68. The van der Waals surface area contributed by atoms with Crippen molar-refractivity contribution in [2.75, 3.05) is 0 Å². The SMILES string of the molecule is CCCCCC(C)NC(=O)C(C#N)CCC. The maximum Gasteiger partial charge on any atom is 0.237 e. The van der Waals surface area contributed by atoms with Gasteiger partial charge in [0.1, 0.15) is 5.92 Å². The second-order valence-corrected chi connectivity index (χ2v) is 4.38. The van der Waals surface area contributed by atoms with Gasteiger partial charge in [0.05, 0.1) is 6.07 Å². The third-order valence-corrected chi connectivity index (χ3v) is 2.68. The van der Waals surface area contributed by atoms with Crippen LogP contribution in [-0.2, 0) is 4.79 Å². The van der Waals surface area contributed by atoms with Crippen LogP contribution in [0.3, 0.4) is 0 Å². The average molecular weight is 224 g/mol. The molecular weight excluding hydrogens is 200 g/mol. The summed E-state index contributed by atoms with van der Waals surface area (Å²) >= 11 is 0. The molecule has 92 valence electrons. The molecule has 1 amide bonds. The highest BCUT2D eigenvalue weighted by atomic mass is 16.1. The second-order valence-electron chi connectivity index (χ2n) is 4.38. The summed E-state index contributed by atoms with van der Waals surface area (Å²) in [5, 5.41) is 11.8. The molecule has 0 heterocycles. The van der Waals surface area contributed by atoms with Gasteiger partial charge in [0, 0.05) is 6.04 Å². The lowest BCUT2D eigenvalue weighted by Crippen LogP contribution is -2.36. The van der Waals surface area contributed by atoms with Crippen LogP contribution in [0.5, 0.6) is 0 Å². The van der Waals surface area contributed by atoms with E-state index >= 15 is 0 Å². The standard InChI is InChI=1S/C13H24N2O/c1-4-6-7-9-11(3)15-13(16)12(10-14)8-5-2/h11-12H,4-9H2,1-3H3,(H,15,16). The summed E-state index contributed by atoms with van der Waals surface area (Å²) in [6, 6.07) is 2.25. The van der Waals surface area contributed by atoms with Crippen molar-refractivity contribution >= 4 is 5.91 Å². The number of amides is 1. The molecule has 2 atom stereocenters. The largest absolute Gasteiger partial charge is 0.353 e. The van der Waals surface area contributed by atoms with Crippen LogP contribution in [-0.4, -0.2) is 11.9 Å². The normalized spacial score (nSPS) is 13.9. The average Bonchev–Trinajstić information content (AvgIpc) is 2.26. The number of hydrogen-bond donors (Lipinski definition) is 1. The first-order valence-corrected chi connectivity index (χ1v) is 6.35. The Labute approximate surface area is 99.2 Å². The molecule has 1 N–H and O–H groups in total. The van der Waals surface area contributed by atoms with E-state index in [0.29, 0.717) is 6.42 Å². The van der Waals surface area contributed by atoms with Crippen LogP contribution in [0, 0.1) is 17.2 Å². The fourth-order valence-electron chi connectivity index (χ4n) is 1.66. The maximum atomic E-state index is 11.7. The number of unbranched alkanes of at least 4 members (excludes halogenated alkanes) is 2. The van der Waals surface area contributed by atoms with Gasteiger partial charge in [-0.05, 0) is 19.8 Å². The van der Waals surface area contributed by atoms with Gasteiger partial charge >= 0.3 is 0 Å². The maximum absolute atomic E-state index is 11.7. The molecule has 0 aromatic heterocycles. The fourth-order valence-corrected chi connectivity index (χ4v) is 1.66. The van der Waals surface area contributed by atoms with E-state index in [2.05, 4.69) is 18.3 Å². The van der Waals surface area contributed by atoms with E-state index in [4.69, 9.17) is 5.26 Å². The molecule has 2 unspecified atom stereocenters. The van der Waals surface area contributed by atoms with Crippen molar-refractivity contribution in [3.8, 4) is 6.07 Å². The van der Waals surface area contributed by atoms with Crippen LogP contribution >= 0.6 is 0 Å². The Morgan fingerprint density at radius 3 is 2.44 bits per heavy atom. The number of rotatable bonds is 8. The van der Waals surface area contributed by atoms with Gasteiger partial charge in [0.25, 0.3) is 0 Å². The van der Waals surface area contributed by atoms with Gasteiger partial charge in [-0.25, -0.2) is 0 Å². The third kappa shape index (κ3) is 6.44. The van der Waals surface area contributed by atoms with E-state index in [0.717, 1.165) is 19.3 Å². The zero-order chi connectivity index (χ0) is 12.4. The van der Waals surface area contributed by atoms with Gasteiger partial charge in [0.15, 0.2) is 0 Å². The number of nitriles is 1. The van der Waals surface area contributed by atoms with Crippen molar-refractivity contribution in [1.82, 2.24) is 5.32 Å². The summed E-state index contributed by atoms with van der Waals surface area (Å²) in [6.45, 7) is 6.16. The Morgan fingerprint density at radius 1 is 1.25 bits per heavy atom. The van der Waals surface area contributed by atoms with Gasteiger partial charge in [-0.1, -0.05) is 39.5 Å². The molecule has 0 radical (unpaired) electrons. The van der Waals surface area contributed by atoms with Crippen LogP contribution in [0.25, 0.3) is 0 Å². The monoisotopic (exact) mass is 224 g/mol. The van der Waals surface area contributed by atoms with Crippen molar-refractivity contribution in [1.29, 1.82) is 5.26 Å². The van der Waals surface area contributed by atoms with Gasteiger partial charge < -0.3 is 5.32 Å². The van der Waals surface area contributed by atoms with Crippen molar-refractivity contribution in [2.45, 2.75) is 65.3 Å². The molecule has 0 rings (SSSR count). The minimum absolute atomic E-state index is 0.103. The predicted molar refractivity (Wildman–Crippen MR) is 65.8 cm³/mol. The molecule has 0 fully saturated rings. The van der Waals surface area contributed by atoms with Crippen LogP contribution < -0.4 is 5.32 Å².